The van der Waals surface area contributed by atoms with E-state index in [0.717, 1.165) is 11.3 Å². The van der Waals surface area contributed by atoms with E-state index >= 15 is 0 Å². The summed E-state index contributed by atoms with van der Waals surface area (Å²) in [6.07, 6.45) is 4.29. The molecule has 0 aliphatic rings. The summed E-state index contributed by atoms with van der Waals surface area (Å²) in [7, 11) is 0. The van der Waals surface area contributed by atoms with Gasteiger partial charge in [0.15, 0.2) is 10.1 Å². The molecule has 0 saturated heterocycles. The molecule has 4 nitrogen and oxygen atoms in total. The molecule has 0 atom stereocenters. The molecule has 1 amide bonds. The molecule has 2 aromatic heterocycles. The summed E-state index contributed by atoms with van der Waals surface area (Å²) in [6.45, 7) is 2.04. The van der Waals surface area contributed by atoms with Crippen molar-refractivity contribution in [2.24, 2.45) is 0 Å². The first kappa shape index (κ1) is 10.3. The highest BCUT2D eigenvalue weighted by atomic mass is 32.1. The molecular formula is C9H9N3OS2. The fourth-order valence-corrected chi connectivity index (χ4v) is 2.28. The van der Waals surface area contributed by atoms with Gasteiger partial charge in [-0.25, -0.2) is 9.97 Å². The van der Waals surface area contributed by atoms with Gasteiger partial charge in [-0.15, -0.1) is 22.7 Å². The number of aromatic nitrogens is 2. The number of nitrogens with one attached hydrogen (secondary N) is 1. The average molecular weight is 239 g/mol. The van der Waals surface area contributed by atoms with Crippen LogP contribution in [-0.4, -0.2) is 15.9 Å². The van der Waals surface area contributed by atoms with Crippen molar-refractivity contribution in [1.82, 2.24) is 9.97 Å². The molecule has 0 aromatic carbocycles. The van der Waals surface area contributed by atoms with E-state index in [1.54, 1.807) is 12.4 Å². The van der Waals surface area contributed by atoms with Gasteiger partial charge >= 0.3 is 0 Å². The lowest BCUT2D eigenvalue weighted by atomic mass is 10.4. The molecule has 6 heteroatoms. The van der Waals surface area contributed by atoms with Crippen LogP contribution in [0, 0.1) is 0 Å². The van der Waals surface area contributed by atoms with Crippen molar-refractivity contribution >= 4 is 33.7 Å². The molecule has 2 rings (SSSR count). The predicted octanol–water partition coefficient (Wildman–Crippen LogP) is 2.41. The second-order valence-corrected chi connectivity index (χ2v) is 4.79. The summed E-state index contributed by atoms with van der Waals surface area (Å²) in [5.41, 5.74) is 0. The summed E-state index contributed by atoms with van der Waals surface area (Å²) in [4.78, 5) is 20.8. The van der Waals surface area contributed by atoms with E-state index in [4.69, 9.17) is 0 Å². The first-order valence-corrected chi connectivity index (χ1v) is 6.14. The Morgan fingerprint density at radius 3 is 3.00 bits per heavy atom. The van der Waals surface area contributed by atoms with Crippen LogP contribution < -0.4 is 5.32 Å². The summed E-state index contributed by atoms with van der Waals surface area (Å²) < 4.78 is 0. The molecule has 2 heterocycles. The molecular weight excluding hydrogens is 230 g/mol. The van der Waals surface area contributed by atoms with Gasteiger partial charge in [-0.1, -0.05) is 6.92 Å². The summed E-state index contributed by atoms with van der Waals surface area (Å²) in [5, 5.41) is 5.60. The first-order chi connectivity index (χ1) is 7.29. The number of carbonyl (C=O) groups is 1. The number of anilines is 1. The summed E-state index contributed by atoms with van der Waals surface area (Å²) in [5.74, 6) is -0.186. The largest absolute Gasteiger partial charge is 0.296 e. The number of amides is 1. The zero-order valence-corrected chi connectivity index (χ0v) is 9.69. The number of hydrogen-bond acceptors (Lipinski definition) is 5. The SMILES string of the molecule is CCc1cnc(C(=O)Nc2nccs2)s1. The Labute approximate surface area is 95.0 Å². The fraction of sp³-hybridized carbons (Fsp3) is 0.222. The molecule has 0 saturated carbocycles. The Hall–Kier alpha value is -1.27. The Bertz CT molecular complexity index is 450. The third kappa shape index (κ3) is 2.40. The monoisotopic (exact) mass is 239 g/mol. The molecule has 78 valence electrons. The first-order valence-electron chi connectivity index (χ1n) is 4.45. The van der Waals surface area contributed by atoms with Crippen molar-refractivity contribution in [1.29, 1.82) is 0 Å². The van der Waals surface area contributed by atoms with Gasteiger partial charge in [-0.3, -0.25) is 10.1 Å². The van der Waals surface area contributed by atoms with Gasteiger partial charge in [-0.05, 0) is 6.42 Å². The molecule has 0 fully saturated rings. The number of rotatable bonds is 3. The third-order valence-corrected chi connectivity index (χ3v) is 3.58. The number of thiazole rings is 2. The van der Waals surface area contributed by atoms with Crippen molar-refractivity contribution in [3.05, 3.63) is 27.7 Å². The number of carbonyl (C=O) groups excluding carboxylic acids is 1. The van der Waals surface area contributed by atoms with Crippen LogP contribution >= 0.6 is 22.7 Å². The standard InChI is InChI=1S/C9H9N3OS2/c1-2-6-5-11-8(15-6)7(13)12-9-10-3-4-14-9/h3-5H,2H2,1H3,(H,10,12,13). The van der Waals surface area contributed by atoms with Crippen LogP contribution in [0.25, 0.3) is 0 Å². The van der Waals surface area contributed by atoms with Crippen LogP contribution in [0.1, 0.15) is 21.6 Å². The van der Waals surface area contributed by atoms with Gasteiger partial charge in [0.05, 0.1) is 0 Å². The molecule has 0 aliphatic carbocycles. The van der Waals surface area contributed by atoms with Crippen LogP contribution in [0.2, 0.25) is 0 Å². The van der Waals surface area contributed by atoms with Gasteiger partial charge in [0.2, 0.25) is 0 Å². The van der Waals surface area contributed by atoms with Crippen molar-refractivity contribution in [3.63, 3.8) is 0 Å². The quantitative estimate of drug-likeness (QED) is 0.895. The zero-order chi connectivity index (χ0) is 10.7. The fourth-order valence-electron chi connectivity index (χ4n) is 1.01. The molecule has 0 spiro atoms. The van der Waals surface area contributed by atoms with E-state index in [1.165, 1.54) is 22.7 Å². The Morgan fingerprint density at radius 2 is 2.40 bits per heavy atom. The van der Waals surface area contributed by atoms with Gasteiger partial charge in [0, 0.05) is 22.7 Å². The van der Waals surface area contributed by atoms with E-state index in [1.807, 2.05) is 12.3 Å². The maximum atomic E-state index is 11.6. The molecule has 0 bridgehead atoms. The number of hydrogen-bond donors (Lipinski definition) is 1. The topological polar surface area (TPSA) is 54.9 Å². The molecule has 0 aliphatic heterocycles. The lowest BCUT2D eigenvalue weighted by Gasteiger charge is -1.95. The summed E-state index contributed by atoms with van der Waals surface area (Å²) in [6, 6.07) is 0. The van der Waals surface area contributed by atoms with Crippen molar-refractivity contribution in [2.45, 2.75) is 13.3 Å². The van der Waals surface area contributed by atoms with Crippen LogP contribution in [0.4, 0.5) is 5.13 Å². The minimum atomic E-state index is -0.186. The molecule has 0 radical (unpaired) electrons. The minimum absolute atomic E-state index is 0.186. The minimum Gasteiger partial charge on any atom is -0.296 e. The van der Waals surface area contributed by atoms with E-state index in [9.17, 15) is 4.79 Å². The van der Waals surface area contributed by atoms with Gasteiger partial charge in [-0.2, -0.15) is 0 Å². The third-order valence-electron chi connectivity index (χ3n) is 1.75. The number of nitrogens with zero attached hydrogens (tertiary/aromatic N) is 2. The van der Waals surface area contributed by atoms with E-state index in [2.05, 4.69) is 15.3 Å². The smallest absolute Gasteiger partial charge is 0.286 e. The zero-order valence-electron chi connectivity index (χ0n) is 8.06. The second-order valence-electron chi connectivity index (χ2n) is 2.78. The van der Waals surface area contributed by atoms with Crippen LogP contribution in [0.5, 0.6) is 0 Å². The van der Waals surface area contributed by atoms with E-state index in [-0.39, 0.29) is 5.91 Å². The highest BCUT2D eigenvalue weighted by Crippen LogP contribution is 2.16. The number of aryl methyl sites for hydroxylation is 1. The Kier molecular flexibility index (Phi) is 3.08. The van der Waals surface area contributed by atoms with E-state index < -0.39 is 0 Å². The molecule has 1 N–H and O–H groups in total. The van der Waals surface area contributed by atoms with Crippen molar-refractivity contribution < 1.29 is 4.79 Å². The van der Waals surface area contributed by atoms with Crippen LogP contribution in [-0.2, 0) is 6.42 Å². The molecule has 2 aromatic rings. The lowest BCUT2D eigenvalue weighted by Crippen LogP contribution is -2.10. The molecule has 15 heavy (non-hydrogen) atoms. The highest BCUT2D eigenvalue weighted by molar-refractivity contribution is 7.15. The highest BCUT2D eigenvalue weighted by Gasteiger charge is 2.11. The van der Waals surface area contributed by atoms with Gasteiger partial charge in [0.1, 0.15) is 0 Å². The second kappa shape index (κ2) is 4.50. The van der Waals surface area contributed by atoms with Crippen LogP contribution in [0.15, 0.2) is 17.8 Å². The van der Waals surface area contributed by atoms with Crippen molar-refractivity contribution in [3.8, 4) is 0 Å². The normalized spacial score (nSPS) is 10.2. The van der Waals surface area contributed by atoms with Gasteiger partial charge < -0.3 is 0 Å². The summed E-state index contributed by atoms with van der Waals surface area (Å²) >= 11 is 2.81. The predicted molar refractivity (Wildman–Crippen MR) is 61.6 cm³/mol. The maximum Gasteiger partial charge on any atom is 0.286 e. The Balaban J connectivity index is 2.08. The van der Waals surface area contributed by atoms with Gasteiger partial charge in [0.25, 0.3) is 5.91 Å². The molecule has 0 unspecified atom stereocenters. The van der Waals surface area contributed by atoms with Crippen molar-refractivity contribution in [2.75, 3.05) is 5.32 Å². The van der Waals surface area contributed by atoms with Crippen LogP contribution in [0.3, 0.4) is 0 Å². The lowest BCUT2D eigenvalue weighted by molar-refractivity contribution is 0.102. The van der Waals surface area contributed by atoms with E-state index in [0.29, 0.717) is 10.1 Å². The average Bonchev–Trinajstić information content (AvgIpc) is 2.86. The Morgan fingerprint density at radius 1 is 1.53 bits per heavy atom. The maximum absolute atomic E-state index is 11.6.